The molecular formula is C29H34FN3O2. The number of hydrogen-bond donors (Lipinski definition) is 2. The summed E-state index contributed by atoms with van der Waals surface area (Å²) in [5.41, 5.74) is 3.29. The van der Waals surface area contributed by atoms with Crippen molar-refractivity contribution in [3.8, 4) is 0 Å². The molecule has 0 aliphatic carbocycles. The van der Waals surface area contributed by atoms with Crippen LogP contribution >= 0.6 is 0 Å². The minimum atomic E-state index is -0.857. The zero-order valence-electron chi connectivity index (χ0n) is 20.0. The Labute approximate surface area is 207 Å². The predicted molar refractivity (Wildman–Crippen MR) is 138 cm³/mol. The van der Waals surface area contributed by atoms with Gasteiger partial charge in [0.2, 0.25) is 0 Å². The molecule has 6 heteroatoms. The molecule has 0 bridgehead atoms. The van der Waals surface area contributed by atoms with E-state index in [1.807, 2.05) is 18.2 Å². The van der Waals surface area contributed by atoms with Crippen LogP contribution in [0.1, 0.15) is 36.8 Å². The highest BCUT2D eigenvalue weighted by Gasteiger charge is 2.31. The maximum Gasteiger partial charge on any atom is 0.407 e. The van der Waals surface area contributed by atoms with Crippen molar-refractivity contribution in [2.75, 3.05) is 18.4 Å². The molecule has 5 nitrogen and oxygen atoms in total. The molecule has 4 rings (SSSR count). The number of amides is 1. The van der Waals surface area contributed by atoms with Crippen LogP contribution in [0.3, 0.4) is 0 Å². The number of halogens is 1. The summed E-state index contributed by atoms with van der Waals surface area (Å²) in [6.45, 7) is 3.08. The van der Waals surface area contributed by atoms with Crippen molar-refractivity contribution in [2.24, 2.45) is 0 Å². The molecule has 1 saturated heterocycles. The van der Waals surface area contributed by atoms with Gasteiger partial charge in [0.25, 0.3) is 0 Å². The van der Waals surface area contributed by atoms with Crippen molar-refractivity contribution in [1.29, 1.82) is 0 Å². The summed E-state index contributed by atoms with van der Waals surface area (Å²) in [7, 11) is 0. The Morgan fingerprint density at radius 1 is 0.971 bits per heavy atom. The van der Waals surface area contributed by atoms with Gasteiger partial charge in [-0.15, -0.1) is 0 Å². The van der Waals surface area contributed by atoms with Crippen LogP contribution in [-0.2, 0) is 13.1 Å². The summed E-state index contributed by atoms with van der Waals surface area (Å²) in [5, 5.41) is 13.2. The van der Waals surface area contributed by atoms with Crippen LogP contribution in [0.5, 0.6) is 0 Å². The number of rotatable bonds is 10. The average molecular weight is 476 g/mol. The molecule has 1 aliphatic rings. The van der Waals surface area contributed by atoms with Crippen molar-refractivity contribution in [3.63, 3.8) is 0 Å². The van der Waals surface area contributed by atoms with E-state index in [4.69, 9.17) is 0 Å². The van der Waals surface area contributed by atoms with Crippen LogP contribution in [0, 0.1) is 5.82 Å². The highest BCUT2D eigenvalue weighted by Crippen LogP contribution is 2.25. The fourth-order valence-electron chi connectivity index (χ4n) is 4.97. The maximum absolute atomic E-state index is 13.6. The number of anilines is 1. The molecule has 0 saturated carbocycles. The predicted octanol–water partition coefficient (Wildman–Crippen LogP) is 6.23. The van der Waals surface area contributed by atoms with Crippen LogP contribution in [-0.4, -0.2) is 46.2 Å². The molecule has 1 heterocycles. The Bertz CT molecular complexity index is 1020. The molecular weight excluding hydrogens is 441 g/mol. The van der Waals surface area contributed by atoms with Crippen molar-refractivity contribution < 1.29 is 14.3 Å². The third-order valence-corrected chi connectivity index (χ3v) is 6.67. The Morgan fingerprint density at radius 3 is 2.23 bits per heavy atom. The molecule has 1 unspecified atom stereocenters. The molecule has 3 aromatic carbocycles. The van der Waals surface area contributed by atoms with Gasteiger partial charge in [0.15, 0.2) is 0 Å². The molecule has 2 N–H and O–H groups in total. The fraction of sp³-hybridized carbons (Fsp3) is 0.345. The molecule has 1 fully saturated rings. The van der Waals surface area contributed by atoms with E-state index in [9.17, 15) is 14.3 Å². The van der Waals surface area contributed by atoms with Gasteiger partial charge < -0.3 is 15.3 Å². The normalized spacial score (nSPS) is 17.9. The lowest BCUT2D eigenvalue weighted by Crippen LogP contribution is -2.49. The van der Waals surface area contributed by atoms with Gasteiger partial charge >= 0.3 is 6.09 Å². The average Bonchev–Trinajstić information content (AvgIpc) is 2.85. The number of carboxylic acid groups (broad SMARTS) is 1. The second-order valence-corrected chi connectivity index (χ2v) is 9.33. The van der Waals surface area contributed by atoms with Crippen LogP contribution in [0.2, 0.25) is 0 Å². The SMILES string of the molecule is O=C(O)N1CCC(Nc2cccc(F)c2)C[C@@H]1CCCN(Cc1ccccc1)Cc1ccccc1. The van der Waals surface area contributed by atoms with E-state index < -0.39 is 6.09 Å². The fourth-order valence-corrected chi connectivity index (χ4v) is 4.97. The van der Waals surface area contributed by atoms with Crippen LogP contribution in [0.4, 0.5) is 14.9 Å². The Kier molecular flexibility index (Phi) is 8.74. The lowest BCUT2D eigenvalue weighted by molar-refractivity contribution is 0.0972. The molecule has 0 radical (unpaired) electrons. The van der Waals surface area contributed by atoms with Gasteiger partial charge in [-0.3, -0.25) is 4.90 Å². The molecule has 1 amide bonds. The number of benzene rings is 3. The first-order valence-corrected chi connectivity index (χ1v) is 12.4. The second-order valence-electron chi connectivity index (χ2n) is 9.33. The Morgan fingerprint density at radius 2 is 1.63 bits per heavy atom. The molecule has 35 heavy (non-hydrogen) atoms. The standard InChI is InChI=1S/C29H34FN3O2/c30-25-13-7-14-26(19-25)31-27-16-18-33(29(34)35)28(20-27)15-8-17-32(21-23-9-3-1-4-10-23)22-24-11-5-2-6-12-24/h1-7,9-14,19,27-28,31H,8,15-18,20-22H2,(H,34,35)/t27?,28-/m0/s1. The van der Waals surface area contributed by atoms with Gasteiger partial charge in [-0.2, -0.15) is 0 Å². The minimum absolute atomic E-state index is 0.0531. The van der Waals surface area contributed by atoms with E-state index in [2.05, 4.69) is 58.7 Å². The number of nitrogens with zero attached hydrogens (tertiary/aromatic N) is 2. The van der Waals surface area contributed by atoms with Gasteiger partial charge in [0.05, 0.1) is 0 Å². The summed E-state index contributed by atoms with van der Waals surface area (Å²) in [4.78, 5) is 15.9. The highest BCUT2D eigenvalue weighted by molar-refractivity contribution is 5.65. The number of likely N-dealkylation sites (tertiary alicyclic amines) is 1. The Hall–Kier alpha value is -3.38. The largest absolute Gasteiger partial charge is 0.465 e. The summed E-state index contributed by atoms with van der Waals surface area (Å²) >= 11 is 0. The van der Waals surface area contributed by atoms with Crippen LogP contribution in [0.25, 0.3) is 0 Å². The molecule has 0 aromatic heterocycles. The third kappa shape index (κ3) is 7.55. The second kappa shape index (κ2) is 12.4. The van der Waals surface area contributed by atoms with Gasteiger partial charge in [-0.05, 0) is 61.6 Å². The smallest absolute Gasteiger partial charge is 0.407 e. The summed E-state index contributed by atoms with van der Waals surface area (Å²) in [5.74, 6) is -0.272. The number of carbonyl (C=O) groups is 1. The lowest BCUT2D eigenvalue weighted by Gasteiger charge is -2.39. The first-order chi connectivity index (χ1) is 17.1. The van der Waals surface area contributed by atoms with E-state index in [1.165, 1.54) is 23.3 Å². The number of hydrogen-bond acceptors (Lipinski definition) is 3. The molecule has 184 valence electrons. The van der Waals surface area contributed by atoms with E-state index >= 15 is 0 Å². The molecule has 1 aliphatic heterocycles. The quantitative estimate of drug-likeness (QED) is 0.365. The third-order valence-electron chi connectivity index (χ3n) is 6.67. The maximum atomic E-state index is 13.6. The zero-order valence-corrected chi connectivity index (χ0v) is 20.0. The van der Waals surface area contributed by atoms with Gasteiger partial charge in [0.1, 0.15) is 5.82 Å². The summed E-state index contributed by atoms with van der Waals surface area (Å²) in [6, 6.07) is 27.4. The van der Waals surface area contributed by atoms with E-state index in [-0.39, 0.29) is 17.9 Å². The van der Waals surface area contributed by atoms with E-state index in [0.717, 1.165) is 44.6 Å². The van der Waals surface area contributed by atoms with Crippen LogP contribution < -0.4 is 5.32 Å². The van der Waals surface area contributed by atoms with Crippen molar-refractivity contribution in [1.82, 2.24) is 9.80 Å². The number of nitrogens with one attached hydrogen (secondary N) is 1. The van der Waals surface area contributed by atoms with Crippen molar-refractivity contribution in [3.05, 3.63) is 102 Å². The monoisotopic (exact) mass is 475 g/mol. The van der Waals surface area contributed by atoms with E-state index in [1.54, 1.807) is 11.0 Å². The van der Waals surface area contributed by atoms with Gasteiger partial charge in [-0.25, -0.2) is 9.18 Å². The zero-order chi connectivity index (χ0) is 24.5. The number of piperidine rings is 1. The topological polar surface area (TPSA) is 55.8 Å². The van der Waals surface area contributed by atoms with Crippen molar-refractivity contribution in [2.45, 2.75) is 50.9 Å². The molecule has 0 spiro atoms. The lowest BCUT2D eigenvalue weighted by atomic mass is 9.93. The highest BCUT2D eigenvalue weighted by atomic mass is 19.1. The molecule has 2 atom stereocenters. The summed E-state index contributed by atoms with van der Waals surface area (Å²) in [6.07, 6.45) is 2.28. The van der Waals surface area contributed by atoms with Gasteiger partial charge in [0, 0.05) is 37.4 Å². The Balaban J connectivity index is 1.37. The molecule has 3 aromatic rings. The minimum Gasteiger partial charge on any atom is -0.465 e. The first kappa shape index (κ1) is 24.7. The van der Waals surface area contributed by atoms with Crippen molar-refractivity contribution >= 4 is 11.8 Å². The van der Waals surface area contributed by atoms with Crippen LogP contribution in [0.15, 0.2) is 84.9 Å². The van der Waals surface area contributed by atoms with Gasteiger partial charge in [-0.1, -0.05) is 66.7 Å². The summed E-state index contributed by atoms with van der Waals surface area (Å²) < 4.78 is 13.6. The first-order valence-electron chi connectivity index (χ1n) is 12.4. The van der Waals surface area contributed by atoms with E-state index in [0.29, 0.717) is 13.0 Å².